The van der Waals surface area contributed by atoms with Crippen LogP contribution in [0.1, 0.15) is 12.5 Å². The summed E-state index contributed by atoms with van der Waals surface area (Å²) in [6, 6.07) is 7.82. The Labute approximate surface area is 109 Å². The zero-order valence-electron chi connectivity index (χ0n) is 10.4. The molecule has 2 aromatic heterocycles. The van der Waals surface area contributed by atoms with E-state index in [1.165, 1.54) is 28.9 Å². The molecule has 0 aliphatic carbocycles. The fourth-order valence-electron chi connectivity index (χ4n) is 1.93. The van der Waals surface area contributed by atoms with Crippen LogP contribution in [0.3, 0.4) is 0 Å². The van der Waals surface area contributed by atoms with Gasteiger partial charge in [-0.25, -0.2) is 15.0 Å². The summed E-state index contributed by atoms with van der Waals surface area (Å²) in [5.74, 6) is 0. The maximum atomic E-state index is 12.3. The Kier molecular flexibility index (Phi) is 2.79. The van der Waals surface area contributed by atoms with Gasteiger partial charge >= 0.3 is 0 Å². The maximum Gasteiger partial charge on any atom is 0.286 e. The van der Waals surface area contributed by atoms with E-state index in [0.717, 1.165) is 12.1 Å². The minimum Gasteiger partial charge on any atom is -0.266 e. The van der Waals surface area contributed by atoms with Crippen LogP contribution in [0.5, 0.6) is 0 Å². The molecule has 0 unspecified atom stereocenters. The van der Waals surface area contributed by atoms with Gasteiger partial charge in [0, 0.05) is 12.4 Å². The molecule has 0 atom stereocenters. The first-order valence-electron chi connectivity index (χ1n) is 6.07. The molecular formula is C14H12N4O. The molecule has 0 aliphatic heterocycles. The SMILES string of the molecule is CCc1ccc(-n2cnc3nccnc3c2=O)cc1. The lowest BCUT2D eigenvalue weighted by Crippen LogP contribution is -2.20. The smallest absolute Gasteiger partial charge is 0.266 e. The Hall–Kier alpha value is -2.56. The van der Waals surface area contributed by atoms with Gasteiger partial charge in [-0.3, -0.25) is 9.36 Å². The standard InChI is InChI=1S/C14H12N4O/c1-2-10-3-5-11(6-4-10)18-9-17-13-12(14(18)19)15-7-8-16-13/h3-9H,2H2,1H3. The number of hydrogen-bond acceptors (Lipinski definition) is 4. The molecule has 19 heavy (non-hydrogen) atoms. The fraction of sp³-hybridized carbons (Fsp3) is 0.143. The van der Waals surface area contributed by atoms with E-state index in [1.807, 2.05) is 24.3 Å². The number of benzene rings is 1. The Balaban J connectivity index is 2.19. The third kappa shape index (κ3) is 1.99. The molecule has 0 spiro atoms. The molecule has 0 N–H and O–H groups in total. The number of fused-ring (bicyclic) bond motifs is 1. The Morgan fingerprint density at radius 2 is 1.79 bits per heavy atom. The maximum absolute atomic E-state index is 12.3. The van der Waals surface area contributed by atoms with Crippen molar-refractivity contribution in [2.45, 2.75) is 13.3 Å². The van der Waals surface area contributed by atoms with E-state index >= 15 is 0 Å². The van der Waals surface area contributed by atoms with Crippen LogP contribution in [0.15, 0.2) is 47.8 Å². The van der Waals surface area contributed by atoms with Gasteiger partial charge in [-0.2, -0.15) is 0 Å². The highest BCUT2D eigenvalue weighted by Gasteiger charge is 2.07. The lowest BCUT2D eigenvalue weighted by atomic mass is 10.1. The van der Waals surface area contributed by atoms with Crippen molar-refractivity contribution in [3.05, 3.63) is 58.9 Å². The third-order valence-electron chi connectivity index (χ3n) is 3.02. The summed E-state index contributed by atoms with van der Waals surface area (Å²) in [6.07, 6.45) is 5.47. The van der Waals surface area contributed by atoms with E-state index in [9.17, 15) is 4.79 Å². The molecule has 0 radical (unpaired) electrons. The summed E-state index contributed by atoms with van der Waals surface area (Å²) in [4.78, 5) is 24.5. The van der Waals surface area contributed by atoms with Gasteiger partial charge in [0.1, 0.15) is 6.33 Å². The largest absolute Gasteiger partial charge is 0.286 e. The molecule has 0 aliphatic rings. The lowest BCUT2D eigenvalue weighted by Gasteiger charge is -2.06. The van der Waals surface area contributed by atoms with Gasteiger partial charge in [0.05, 0.1) is 5.69 Å². The van der Waals surface area contributed by atoms with Crippen LogP contribution >= 0.6 is 0 Å². The van der Waals surface area contributed by atoms with Gasteiger partial charge < -0.3 is 0 Å². The van der Waals surface area contributed by atoms with Gasteiger partial charge in [-0.1, -0.05) is 19.1 Å². The first-order valence-corrected chi connectivity index (χ1v) is 6.07. The predicted octanol–water partition coefficient (Wildman–Crippen LogP) is 1.74. The first kappa shape index (κ1) is 11.5. The Morgan fingerprint density at radius 3 is 2.53 bits per heavy atom. The number of hydrogen-bond donors (Lipinski definition) is 0. The van der Waals surface area contributed by atoms with E-state index in [2.05, 4.69) is 21.9 Å². The molecule has 5 nitrogen and oxygen atoms in total. The zero-order chi connectivity index (χ0) is 13.2. The minimum atomic E-state index is -0.206. The molecule has 3 rings (SSSR count). The second-order valence-electron chi connectivity index (χ2n) is 4.17. The van der Waals surface area contributed by atoms with Crippen molar-refractivity contribution in [1.29, 1.82) is 0 Å². The average molecular weight is 252 g/mol. The molecule has 3 aromatic rings. The number of aryl methyl sites for hydroxylation is 1. The van der Waals surface area contributed by atoms with Crippen LogP contribution < -0.4 is 5.56 Å². The second kappa shape index (κ2) is 4.61. The highest BCUT2D eigenvalue weighted by molar-refractivity contribution is 5.67. The van der Waals surface area contributed by atoms with Crippen LogP contribution in [-0.2, 0) is 6.42 Å². The molecular weight excluding hydrogens is 240 g/mol. The molecule has 0 saturated heterocycles. The predicted molar refractivity (Wildman–Crippen MR) is 72.3 cm³/mol. The van der Waals surface area contributed by atoms with Crippen LogP contribution in [0.25, 0.3) is 16.9 Å². The van der Waals surface area contributed by atoms with Crippen molar-refractivity contribution in [2.24, 2.45) is 0 Å². The van der Waals surface area contributed by atoms with Gasteiger partial charge in [0.25, 0.3) is 5.56 Å². The summed E-state index contributed by atoms with van der Waals surface area (Å²) in [5.41, 5.74) is 2.45. The average Bonchev–Trinajstić information content (AvgIpc) is 2.48. The van der Waals surface area contributed by atoms with E-state index < -0.39 is 0 Å². The van der Waals surface area contributed by atoms with Crippen molar-refractivity contribution in [1.82, 2.24) is 19.5 Å². The van der Waals surface area contributed by atoms with E-state index in [4.69, 9.17) is 0 Å². The van der Waals surface area contributed by atoms with Gasteiger partial charge in [-0.15, -0.1) is 0 Å². The molecule has 1 aromatic carbocycles. The quantitative estimate of drug-likeness (QED) is 0.697. The van der Waals surface area contributed by atoms with Crippen LogP contribution in [0.4, 0.5) is 0 Å². The van der Waals surface area contributed by atoms with Crippen molar-refractivity contribution in [3.63, 3.8) is 0 Å². The number of nitrogens with zero attached hydrogens (tertiary/aromatic N) is 4. The van der Waals surface area contributed by atoms with Crippen molar-refractivity contribution in [2.75, 3.05) is 0 Å². The molecule has 0 saturated carbocycles. The van der Waals surface area contributed by atoms with Crippen molar-refractivity contribution >= 4 is 11.2 Å². The van der Waals surface area contributed by atoms with Crippen molar-refractivity contribution < 1.29 is 0 Å². The summed E-state index contributed by atoms with van der Waals surface area (Å²) in [7, 11) is 0. The van der Waals surface area contributed by atoms with Gasteiger partial charge in [0.2, 0.25) is 0 Å². The highest BCUT2D eigenvalue weighted by atomic mass is 16.1. The number of rotatable bonds is 2. The minimum absolute atomic E-state index is 0.206. The third-order valence-corrected chi connectivity index (χ3v) is 3.02. The topological polar surface area (TPSA) is 60.7 Å². The van der Waals surface area contributed by atoms with E-state index in [1.54, 1.807) is 0 Å². The van der Waals surface area contributed by atoms with Crippen LogP contribution in [-0.4, -0.2) is 19.5 Å². The molecule has 5 heteroatoms. The van der Waals surface area contributed by atoms with Crippen molar-refractivity contribution in [3.8, 4) is 5.69 Å². The lowest BCUT2D eigenvalue weighted by molar-refractivity contribution is 0.944. The molecule has 0 amide bonds. The molecule has 94 valence electrons. The normalized spacial score (nSPS) is 10.8. The summed E-state index contributed by atoms with van der Waals surface area (Å²) >= 11 is 0. The van der Waals surface area contributed by atoms with Crippen LogP contribution in [0, 0.1) is 0 Å². The molecule has 0 fully saturated rings. The second-order valence-corrected chi connectivity index (χ2v) is 4.17. The van der Waals surface area contributed by atoms with Gasteiger partial charge in [0.15, 0.2) is 11.2 Å². The van der Waals surface area contributed by atoms with E-state index in [-0.39, 0.29) is 11.1 Å². The fourth-order valence-corrected chi connectivity index (χ4v) is 1.93. The van der Waals surface area contributed by atoms with E-state index in [0.29, 0.717) is 5.65 Å². The number of aromatic nitrogens is 4. The summed E-state index contributed by atoms with van der Waals surface area (Å²) in [6.45, 7) is 2.09. The first-order chi connectivity index (χ1) is 9.29. The summed E-state index contributed by atoms with van der Waals surface area (Å²) in [5, 5.41) is 0. The van der Waals surface area contributed by atoms with Crippen LogP contribution in [0.2, 0.25) is 0 Å². The Morgan fingerprint density at radius 1 is 1.05 bits per heavy atom. The monoisotopic (exact) mass is 252 g/mol. The highest BCUT2D eigenvalue weighted by Crippen LogP contribution is 2.09. The molecule has 2 heterocycles. The molecule has 0 bridgehead atoms. The summed E-state index contributed by atoms with van der Waals surface area (Å²) < 4.78 is 1.48. The van der Waals surface area contributed by atoms with Gasteiger partial charge in [-0.05, 0) is 24.1 Å². The zero-order valence-corrected chi connectivity index (χ0v) is 10.4. The Bertz CT molecular complexity index is 777.